The molecule has 0 heterocycles. The number of carbonyl (C=O) groups excluding carboxylic acids is 2. The van der Waals surface area contributed by atoms with Crippen LogP contribution >= 0.6 is 0 Å². The molecular weight excluding hydrogens is 404 g/mol. The first-order valence-electron chi connectivity index (χ1n) is 9.44. The zero-order chi connectivity index (χ0) is 23.8. The van der Waals surface area contributed by atoms with Gasteiger partial charge in [0.05, 0.1) is 27.3 Å². The van der Waals surface area contributed by atoms with Crippen molar-refractivity contribution in [1.82, 2.24) is 10.6 Å². The number of ether oxygens (including phenoxy) is 4. The van der Waals surface area contributed by atoms with E-state index in [1.165, 1.54) is 14.2 Å². The fourth-order valence-corrected chi connectivity index (χ4v) is 2.23. The maximum atomic E-state index is 12.2. The molecule has 10 nitrogen and oxygen atoms in total. The summed E-state index contributed by atoms with van der Waals surface area (Å²) < 4.78 is 20.9. The second-order valence-corrected chi connectivity index (χ2v) is 8.38. The molecule has 0 radical (unpaired) electrons. The normalized spacial score (nSPS) is 10.9. The van der Waals surface area contributed by atoms with Crippen LogP contribution in [0, 0.1) is 6.57 Å². The Hall–Kier alpha value is -3.48. The third kappa shape index (κ3) is 9.25. The van der Waals surface area contributed by atoms with Crippen LogP contribution in [-0.4, -0.2) is 43.6 Å². The summed E-state index contributed by atoms with van der Waals surface area (Å²) >= 11 is 0. The molecule has 0 aliphatic rings. The van der Waals surface area contributed by atoms with Gasteiger partial charge in [-0.05, 0) is 59.2 Å². The number of guanidine groups is 1. The number of rotatable bonds is 4. The summed E-state index contributed by atoms with van der Waals surface area (Å²) in [5.41, 5.74) is -0.623. The molecule has 0 saturated heterocycles. The van der Waals surface area contributed by atoms with Gasteiger partial charge in [-0.25, -0.2) is 19.4 Å². The molecule has 2 amide bonds. The van der Waals surface area contributed by atoms with E-state index in [-0.39, 0.29) is 18.2 Å². The molecule has 1 aromatic rings. The second-order valence-electron chi connectivity index (χ2n) is 8.38. The molecule has 2 N–H and O–H groups in total. The molecule has 0 saturated carbocycles. The van der Waals surface area contributed by atoms with Gasteiger partial charge in [0, 0.05) is 0 Å². The number of benzene rings is 1. The molecule has 1 aromatic carbocycles. The predicted molar refractivity (Wildman–Crippen MR) is 116 cm³/mol. The van der Waals surface area contributed by atoms with Crippen molar-refractivity contribution in [2.24, 2.45) is 4.99 Å². The molecule has 0 unspecified atom stereocenters. The zero-order valence-corrected chi connectivity index (χ0v) is 19.2. The number of methoxy groups -OCH3 is 2. The van der Waals surface area contributed by atoms with Gasteiger partial charge in [0.2, 0.25) is 5.96 Å². The maximum Gasteiger partial charge on any atom is 0.414 e. The van der Waals surface area contributed by atoms with E-state index in [0.29, 0.717) is 17.1 Å². The topological polar surface area (TPSA) is 112 Å². The minimum atomic E-state index is -0.791. The number of hydrogen-bond acceptors (Lipinski definition) is 7. The van der Waals surface area contributed by atoms with Crippen LogP contribution in [-0.2, 0) is 16.0 Å². The van der Waals surface area contributed by atoms with Crippen molar-refractivity contribution in [2.45, 2.75) is 59.3 Å². The Morgan fingerprint density at radius 1 is 0.935 bits per heavy atom. The highest BCUT2D eigenvalue weighted by Crippen LogP contribution is 2.38. The molecule has 0 aliphatic carbocycles. The summed E-state index contributed by atoms with van der Waals surface area (Å²) in [5.74, 6) is 0.485. The highest BCUT2D eigenvalue weighted by Gasteiger charge is 2.21. The van der Waals surface area contributed by atoms with Crippen LogP contribution in [0.5, 0.6) is 11.5 Å². The van der Waals surface area contributed by atoms with Crippen LogP contribution < -0.4 is 20.1 Å². The first-order chi connectivity index (χ1) is 14.3. The Labute approximate surface area is 182 Å². The van der Waals surface area contributed by atoms with Crippen LogP contribution in [0.4, 0.5) is 15.3 Å². The van der Waals surface area contributed by atoms with E-state index in [4.69, 9.17) is 25.5 Å². The van der Waals surface area contributed by atoms with Gasteiger partial charge in [0.1, 0.15) is 22.7 Å². The molecule has 31 heavy (non-hydrogen) atoms. The number of aliphatic imine (C=N–C) groups is 1. The molecule has 0 atom stereocenters. The molecule has 1 rings (SSSR count). The predicted octanol–water partition coefficient (Wildman–Crippen LogP) is 4.16. The number of alkyl carbamates (subject to hydrolysis) is 2. The van der Waals surface area contributed by atoms with Gasteiger partial charge in [0.25, 0.3) is 5.69 Å². The average Bonchev–Trinajstić information content (AvgIpc) is 2.61. The van der Waals surface area contributed by atoms with Crippen molar-refractivity contribution in [3.63, 3.8) is 0 Å². The Bertz CT molecular complexity index is 818. The minimum Gasteiger partial charge on any atom is -0.508 e. The smallest absolute Gasteiger partial charge is 0.414 e. The van der Waals surface area contributed by atoms with Gasteiger partial charge in [-0.15, -0.1) is 0 Å². The van der Waals surface area contributed by atoms with Gasteiger partial charge < -0.3 is 18.9 Å². The van der Waals surface area contributed by atoms with E-state index in [1.807, 2.05) is 0 Å². The highest BCUT2D eigenvalue weighted by molar-refractivity contribution is 6.01. The zero-order valence-electron chi connectivity index (χ0n) is 19.2. The Morgan fingerprint density at radius 3 is 1.68 bits per heavy atom. The lowest BCUT2D eigenvalue weighted by atomic mass is 10.1. The molecule has 0 aromatic heterocycles. The number of carbonyl (C=O) groups is 2. The average molecular weight is 434 g/mol. The molecule has 170 valence electrons. The SMILES string of the molecule is [C-]#[N+]c1c(OC)cc(CN=C(NC(=O)OC(C)(C)C)NC(=O)OC(C)(C)C)cc1OC. The van der Waals surface area contributed by atoms with E-state index >= 15 is 0 Å². The lowest BCUT2D eigenvalue weighted by molar-refractivity contribution is 0.0545. The van der Waals surface area contributed by atoms with E-state index in [1.54, 1.807) is 53.7 Å². The molecule has 0 bridgehead atoms. The lowest BCUT2D eigenvalue weighted by Crippen LogP contribution is -2.47. The Morgan fingerprint density at radius 2 is 1.35 bits per heavy atom. The van der Waals surface area contributed by atoms with Crippen molar-refractivity contribution in [2.75, 3.05) is 14.2 Å². The third-order valence-corrected chi connectivity index (χ3v) is 3.31. The monoisotopic (exact) mass is 434 g/mol. The van der Waals surface area contributed by atoms with Crippen molar-refractivity contribution in [3.8, 4) is 11.5 Å². The highest BCUT2D eigenvalue weighted by atomic mass is 16.6. The van der Waals surface area contributed by atoms with Crippen molar-refractivity contribution in [3.05, 3.63) is 29.1 Å². The fraction of sp³-hybridized carbons (Fsp3) is 0.524. The van der Waals surface area contributed by atoms with Crippen LogP contribution in [0.25, 0.3) is 4.85 Å². The third-order valence-electron chi connectivity index (χ3n) is 3.31. The fourth-order valence-electron chi connectivity index (χ4n) is 2.23. The largest absolute Gasteiger partial charge is 0.508 e. The van der Waals surface area contributed by atoms with E-state index in [2.05, 4.69) is 20.5 Å². The van der Waals surface area contributed by atoms with Gasteiger partial charge in [-0.3, -0.25) is 10.6 Å². The number of hydrogen-bond donors (Lipinski definition) is 2. The molecule has 0 spiro atoms. The molecule has 0 aliphatic heterocycles. The minimum absolute atomic E-state index is 0.0337. The van der Waals surface area contributed by atoms with Crippen molar-refractivity contribution >= 4 is 23.8 Å². The Kier molecular flexibility index (Phi) is 8.67. The summed E-state index contributed by atoms with van der Waals surface area (Å²) in [7, 11) is 2.88. The van der Waals surface area contributed by atoms with Crippen LogP contribution in [0.1, 0.15) is 47.1 Å². The van der Waals surface area contributed by atoms with Gasteiger partial charge in [-0.1, -0.05) is 0 Å². The van der Waals surface area contributed by atoms with Crippen molar-refractivity contribution < 1.29 is 28.5 Å². The van der Waals surface area contributed by atoms with Crippen LogP contribution in [0.2, 0.25) is 0 Å². The van der Waals surface area contributed by atoms with Gasteiger partial charge in [0.15, 0.2) is 0 Å². The summed E-state index contributed by atoms with van der Waals surface area (Å²) in [6.45, 7) is 17.6. The van der Waals surface area contributed by atoms with Crippen LogP contribution in [0.15, 0.2) is 17.1 Å². The quantitative estimate of drug-likeness (QED) is 0.418. The number of nitrogens with zero attached hydrogens (tertiary/aromatic N) is 2. The molecular formula is C21H30N4O6. The van der Waals surface area contributed by atoms with E-state index < -0.39 is 23.4 Å². The first-order valence-corrected chi connectivity index (χ1v) is 9.44. The summed E-state index contributed by atoms with van der Waals surface area (Å²) in [6.07, 6.45) is -1.58. The maximum absolute atomic E-state index is 12.2. The summed E-state index contributed by atoms with van der Waals surface area (Å²) in [5, 5.41) is 4.81. The number of amides is 2. The summed E-state index contributed by atoms with van der Waals surface area (Å²) in [6, 6.07) is 3.25. The van der Waals surface area contributed by atoms with Gasteiger partial charge >= 0.3 is 12.2 Å². The van der Waals surface area contributed by atoms with Gasteiger partial charge in [-0.2, -0.15) is 0 Å². The molecule has 10 heteroatoms. The summed E-state index contributed by atoms with van der Waals surface area (Å²) in [4.78, 5) is 32.0. The number of nitrogens with one attached hydrogen (secondary N) is 2. The van der Waals surface area contributed by atoms with E-state index in [9.17, 15) is 9.59 Å². The Balaban J connectivity index is 3.16. The lowest BCUT2D eigenvalue weighted by Gasteiger charge is -2.22. The van der Waals surface area contributed by atoms with E-state index in [0.717, 1.165) is 0 Å². The van der Waals surface area contributed by atoms with Crippen LogP contribution in [0.3, 0.4) is 0 Å². The standard InChI is InChI=1S/C21H30N4O6/c1-20(2,3)30-18(26)24-17(25-19(27)31-21(4,5)6)23-12-13-10-14(28-8)16(22-7)15(11-13)29-9/h10-11H,12H2,1-6,8-9H3,(H2,23,24,25,26,27). The van der Waals surface area contributed by atoms with Crippen molar-refractivity contribution in [1.29, 1.82) is 0 Å². The second kappa shape index (κ2) is 10.5. The first kappa shape index (κ1) is 25.6. The molecule has 0 fully saturated rings.